The minimum absolute atomic E-state index is 0.312. The van der Waals surface area contributed by atoms with Crippen molar-refractivity contribution in [2.45, 2.75) is 25.2 Å². The SMILES string of the molecule is COCCc1noc(C2CCCN(C/C=C/c3ccccc3OC)C2)n1. The summed E-state index contributed by atoms with van der Waals surface area (Å²) in [7, 11) is 3.38. The first-order chi connectivity index (χ1) is 12.8. The van der Waals surface area contributed by atoms with Crippen LogP contribution in [0.4, 0.5) is 0 Å². The number of methoxy groups -OCH3 is 2. The molecule has 1 unspecified atom stereocenters. The van der Waals surface area contributed by atoms with Crippen molar-refractivity contribution >= 4 is 6.08 Å². The molecular weight excluding hydrogens is 330 g/mol. The van der Waals surface area contributed by atoms with Crippen molar-refractivity contribution in [2.24, 2.45) is 0 Å². The highest BCUT2D eigenvalue weighted by Crippen LogP contribution is 2.26. The standard InChI is InChI=1S/C20H27N3O3/c1-24-14-11-19-21-20(26-22-19)17-9-6-13-23(15-17)12-5-8-16-7-3-4-10-18(16)25-2/h3-5,7-8,10,17H,6,9,11-15H2,1-2H3/b8-5+. The number of hydrogen-bond acceptors (Lipinski definition) is 6. The molecule has 0 radical (unpaired) electrons. The van der Waals surface area contributed by atoms with Gasteiger partial charge in [0.2, 0.25) is 5.89 Å². The van der Waals surface area contributed by atoms with Gasteiger partial charge in [-0.15, -0.1) is 0 Å². The summed E-state index contributed by atoms with van der Waals surface area (Å²) >= 11 is 0. The molecule has 0 aliphatic carbocycles. The Labute approximate surface area is 154 Å². The van der Waals surface area contributed by atoms with Crippen LogP contribution in [0.1, 0.15) is 36.0 Å². The molecule has 0 spiro atoms. The second kappa shape index (κ2) is 9.50. The molecule has 1 saturated heterocycles. The maximum absolute atomic E-state index is 5.48. The Hall–Kier alpha value is -2.18. The first-order valence-electron chi connectivity index (χ1n) is 9.13. The van der Waals surface area contributed by atoms with Gasteiger partial charge in [-0.05, 0) is 25.5 Å². The van der Waals surface area contributed by atoms with Crippen molar-refractivity contribution < 1.29 is 14.0 Å². The highest BCUT2D eigenvalue weighted by atomic mass is 16.5. The van der Waals surface area contributed by atoms with Crippen LogP contribution in [0, 0.1) is 0 Å². The summed E-state index contributed by atoms with van der Waals surface area (Å²) in [5.74, 6) is 2.70. The van der Waals surface area contributed by atoms with E-state index in [1.165, 1.54) is 0 Å². The lowest BCUT2D eigenvalue weighted by Gasteiger charge is -2.29. The zero-order valence-corrected chi connectivity index (χ0v) is 15.6. The zero-order valence-electron chi connectivity index (χ0n) is 15.6. The number of rotatable bonds is 8. The Balaban J connectivity index is 1.55. The third-order valence-corrected chi connectivity index (χ3v) is 4.67. The number of benzene rings is 1. The molecule has 2 aromatic rings. The fraction of sp³-hybridized carbons (Fsp3) is 0.500. The van der Waals surface area contributed by atoms with Crippen molar-refractivity contribution in [3.63, 3.8) is 0 Å². The summed E-state index contributed by atoms with van der Waals surface area (Å²) in [5, 5.41) is 4.06. The molecular formula is C20H27N3O3. The topological polar surface area (TPSA) is 60.6 Å². The van der Waals surface area contributed by atoms with Crippen LogP contribution < -0.4 is 4.74 Å². The van der Waals surface area contributed by atoms with E-state index in [0.29, 0.717) is 18.9 Å². The Kier molecular flexibility index (Phi) is 6.80. The van der Waals surface area contributed by atoms with E-state index < -0.39 is 0 Å². The predicted octanol–water partition coefficient (Wildman–Crippen LogP) is 3.16. The van der Waals surface area contributed by atoms with Crippen LogP contribution in [0.3, 0.4) is 0 Å². The average Bonchev–Trinajstić information content (AvgIpc) is 3.16. The van der Waals surface area contributed by atoms with Crippen LogP contribution in [0.25, 0.3) is 6.08 Å². The number of hydrogen-bond donors (Lipinski definition) is 0. The second-order valence-corrected chi connectivity index (χ2v) is 6.53. The van der Waals surface area contributed by atoms with Crippen molar-refractivity contribution in [1.29, 1.82) is 0 Å². The smallest absolute Gasteiger partial charge is 0.231 e. The summed E-state index contributed by atoms with van der Waals surface area (Å²) in [6.45, 7) is 3.56. The van der Waals surface area contributed by atoms with Gasteiger partial charge in [-0.1, -0.05) is 35.5 Å². The summed E-state index contributed by atoms with van der Waals surface area (Å²) in [4.78, 5) is 6.97. The molecule has 1 atom stereocenters. The predicted molar refractivity (Wildman–Crippen MR) is 100 cm³/mol. The van der Waals surface area contributed by atoms with Crippen LogP contribution in [-0.2, 0) is 11.2 Å². The molecule has 0 saturated carbocycles. The Morgan fingerprint density at radius 2 is 2.19 bits per heavy atom. The number of likely N-dealkylation sites (tertiary alicyclic amines) is 1. The fourth-order valence-electron chi connectivity index (χ4n) is 3.28. The lowest BCUT2D eigenvalue weighted by Crippen LogP contribution is -2.34. The van der Waals surface area contributed by atoms with Gasteiger partial charge < -0.3 is 14.0 Å². The molecule has 1 aromatic heterocycles. The lowest BCUT2D eigenvalue weighted by molar-refractivity contribution is 0.198. The van der Waals surface area contributed by atoms with E-state index in [9.17, 15) is 0 Å². The number of piperidine rings is 1. The molecule has 1 aliphatic heterocycles. The van der Waals surface area contributed by atoms with Crippen LogP contribution in [0.2, 0.25) is 0 Å². The molecule has 0 N–H and O–H groups in total. The molecule has 3 rings (SSSR count). The molecule has 0 bridgehead atoms. The number of nitrogens with zero attached hydrogens (tertiary/aromatic N) is 3. The highest BCUT2D eigenvalue weighted by Gasteiger charge is 2.25. The van der Waals surface area contributed by atoms with E-state index in [1.54, 1.807) is 14.2 Å². The monoisotopic (exact) mass is 357 g/mol. The van der Waals surface area contributed by atoms with Crippen molar-refractivity contribution in [1.82, 2.24) is 15.0 Å². The van der Waals surface area contributed by atoms with E-state index >= 15 is 0 Å². The number of ether oxygens (including phenoxy) is 2. The van der Waals surface area contributed by atoms with E-state index in [1.807, 2.05) is 18.2 Å². The highest BCUT2D eigenvalue weighted by molar-refractivity contribution is 5.57. The second-order valence-electron chi connectivity index (χ2n) is 6.53. The fourth-order valence-corrected chi connectivity index (χ4v) is 3.28. The van der Waals surface area contributed by atoms with E-state index in [0.717, 1.165) is 55.5 Å². The van der Waals surface area contributed by atoms with Gasteiger partial charge in [-0.25, -0.2) is 0 Å². The summed E-state index contributed by atoms with van der Waals surface area (Å²) in [5.41, 5.74) is 1.10. The van der Waals surface area contributed by atoms with Crippen molar-refractivity contribution in [3.05, 3.63) is 47.6 Å². The molecule has 140 valence electrons. The summed E-state index contributed by atoms with van der Waals surface area (Å²) in [6, 6.07) is 8.05. The third kappa shape index (κ3) is 4.93. The molecule has 0 amide bonds. The molecule has 2 heterocycles. The first kappa shape index (κ1) is 18.6. The number of para-hydroxylation sites is 1. The minimum Gasteiger partial charge on any atom is -0.496 e. The van der Waals surface area contributed by atoms with Gasteiger partial charge in [0.15, 0.2) is 5.82 Å². The van der Waals surface area contributed by atoms with Crippen LogP contribution >= 0.6 is 0 Å². The van der Waals surface area contributed by atoms with Gasteiger partial charge in [0.1, 0.15) is 5.75 Å². The summed E-state index contributed by atoms with van der Waals surface area (Å²) < 4.78 is 15.9. The largest absolute Gasteiger partial charge is 0.496 e. The molecule has 6 nitrogen and oxygen atoms in total. The van der Waals surface area contributed by atoms with Gasteiger partial charge in [0.05, 0.1) is 19.6 Å². The Morgan fingerprint density at radius 3 is 3.04 bits per heavy atom. The minimum atomic E-state index is 0.312. The van der Waals surface area contributed by atoms with E-state index in [4.69, 9.17) is 14.0 Å². The van der Waals surface area contributed by atoms with Gasteiger partial charge in [0.25, 0.3) is 0 Å². The Bertz CT molecular complexity index is 714. The molecule has 1 aliphatic rings. The van der Waals surface area contributed by atoms with Crippen LogP contribution in [-0.4, -0.2) is 55.5 Å². The van der Waals surface area contributed by atoms with E-state index in [-0.39, 0.29) is 0 Å². The van der Waals surface area contributed by atoms with Crippen molar-refractivity contribution in [2.75, 3.05) is 40.5 Å². The maximum atomic E-state index is 5.48. The van der Waals surface area contributed by atoms with Gasteiger partial charge in [-0.3, -0.25) is 4.90 Å². The third-order valence-electron chi connectivity index (χ3n) is 4.67. The Morgan fingerprint density at radius 1 is 1.31 bits per heavy atom. The summed E-state index contributed by atoms with van der Waals surface area (Å²) in [6.07, 6.45) is 7.25. The molecule has 6 heteroatoms. The molecule has 26 heavy (non-hydrogen) atoms. The van der Waals surface area contributed by atoms with Gasteiger partial charge in [-0.2, -0.15) is 4.98 Å². The molecule has 1 aromatic carbocycles. The molecule has 1 fully saturated rings. The van der Waals surface area contributed by atoms with Crippen LogP contribution in [0.5, 0.6) is 5.75 Å². The first-order valence-corrected chi connectivity index (χ1v) is 9.13. The quantitative estimate of drug-likeness (QED) is 0.723. The number of aromatic nitrogens is 2. The van der Waals surface area contributed by atoms with Gasteiger partial charge >= 0.3 is 0 Å². The van der Waals surface area contributed by atoms with Crippen molar-refractivity contribution in [3.8, 4) is 5.75 Å². The maximum Gasteiger partial charge on any atom is 0.231 e. The van der Waals surface area contributed by atoms with E-state index in [2.05, 4.69) is 33.3 Å². The zero-order chi connectivity index (χ0) is 18.2. The lowest BCUT2D eigenvalue weighted by atomic mass is 9.98. The van der Waals surface area contributed by atoms with Crippen LogP contribution in [0.15, 0.2) is 34.9 Å². The van der Waals surface area contributed by atoms with Gasteiger partial charge in [0, 0.05) is 32.2 Å². The normalized spacial score (nSPS) is 18.5. The average molecular weight is 357 g/mol.